The largest absolute Gasteiger partial charge is 0.396 e. The van der Waals surface area contributed by atoms with Crippen molar-refractivity contribution in [1.82, 2.24) is 4.90 Å². The molecule has 1 aromatic rings. The van der Waals surface area contributed by atoms with E-state index in [9.17, 15) is 0 Å². The van der Waals surface area contributed by atoms with Crippen LogP contribution in [0.15, 0.2) is 16.8 Å². The molecule has 1 aromatic heterocycles. The molecule has 2 atom stereocenters. The van der Waals surface area contributed by atoms with Gasteiger partial charge >= 0.3 is 0 Å². The predicted octanol–water partition coefficient (Wildman–Crippen LogP) is 2.23. The van der Waals surface area contributed by atoms with Gasteiger partial charge in [0.05, 0.1) is 6.04 Å². The Labute approximate surface area is 108 Å². The van der Waals surface area contributed by atoms with Gasteiger partial charge in [0.2, 0.25) is 0 Å². The molecule has 2 unspecified atom stereocenters. The van der Waals surface area contributed by atoms with Crippen LogP contribution < -0.4 is 5.73 Å². The summed E-state index contributed by atoms with van der Waals surface area (Å²) in [5, 5.41) is 13.0. The maximum atomic E-state index is 8.75. The quantitative estimate of drug-likeness (QED) is 0.701. The number of nitrogens with two attached hydrogens (primary N) is 1. The Morgan fingerprint density at radius 1 is 1.41 bits per heavy atom. The molecule has 0 spiro atoms. The lowest BCUT2D eigenvalue weighted by Crippen LogP contribution is -2.37. The van der Waals surface area contributed by atoms with Gasteiger partial charge in [-0.2, -0.15) is 11.3 Å². The van der Waals surface area contributed by atoms with Crippen molar-refractivity contribution < 1.29 is 5.11 Å². The molecule has 0 aliphatic rings. The average molecular weight is 256 g/mol. The predicted molar refractivity (Wildman–Crippen MR) is 74.3 cm³/mol. The summed E-state index contributed by atoms with van der Waals surface area (Å²) in [6, 6.07) is 2.59. The molecule has 3 nitrogen and oxygen atoms in total. The molecule has 0 bridgehead atoms. The second kappa shape index (κ2) is 7.82. The number of hydrogen-bond donors (Lipinski definition) is 2. The van der Waals surface area contributed by atoms with Crippen LogP contribution in [-0.4, -0.2) is 36.2 Å². The zero-order chi connectivity index (χ0) is 12.7. The van der Waals surface area contributed by atoms with E-state index in [4.69, 9.17) is 10.8 Å². The van der Waals surface area contributed by atoms with Crippen LogP contribution in [0.4, 0.5) is 0 Å². The molecule has 17 heavy (non-hydrogen) atoms. The van der Waals surface area contributed by atoms with Gasteiger partial charge < -0.3 is 10.8 Å². The number of aliphatic hydroxyl groups excluding tert-OH is 1. The van der Waals surface area contributed by atoms with Crippen LogP contribution in [0.5, 0.6) is 0 Å². The van der Waals surface area contributed by atoms with Crippen LogP contribution in [0.25, 0.3) is 0 Å². The van der Waals surface area contributed by atoms with Gasteiger partial charge in [-0.1, -0.05) is 0 Å². The number of likely N-dealkylation sites (N-methyl/N-ethyl adjacent to an activating group) is 1. The van der Waals surface area contributed by atoms with E-state index < -0.39 is 0 Å². The Kier molecular flexibility index (Phi) is 6.73. The average Bonchev–Trinajstić information content (AvgIpc) is 2.77. The maximum Gasteiger partial charge on any atom is 0.0501 e. The monoisotopic (exact) mass is 256 g/mol. The molecule has 0 saturated heterocycles. The first-order valence-electron chi connectivity index (χ1n) is 6.25. The summed E-state index contributed by atoms with van der Waals surface area (Å²) in [6.45, 7) is 3.39. The Balaban J connectivity index is 2.47. The van der Waals surface area contributed by atoms with Crippen molar-refractivity contribution in [2.45, 2.75) is 38.3 Å². The molecule has 4 heteroatoms. The number of thiophene rings is 1. The molecule has 0 radical (unpaired) electrons. The first-order valence-corrected chi connectivity index (χ1v) is 7.20. The minimum atomic E-state index is 0.132. The molecular weight excluding hydrogens is 232 g/mol. The number of nitrogens with zero attached hydrogens (tertiary/aromatic N) is 1. The highest BCUT2D eigenvalue weighted by Crippen LogP contribution is 2.24. The summed E-state index contributed by atoms with van der Waals surface area (Å²) >= 11 is 1.72. The zero-order valence-electron chi connectivity index (χ0n) is 10.8. The lowest BCUT2D eigenvalue weighted by molar-refractivity contribution is 0.211. The standard InChI is InChI=1S/C13H24N2OS/c1-11(14)13(12-6-9-17-10-12)15(2)7-4-3-5-8-16/h6,9-11,13,16H,3-5,7-8,14H2,1-2H3. The van der Waals surface area contributed by atoms with Crippen molar-refractivity contribution in [2.24, 2.45) is 5.73 Å². The fourth-order valence-electron chi connectivity index (χ4n) is 2.19. The van der Waals surface area contributed by atoms with E-state index in [-0.39, 0.29) is 6.04 Å². The minimum Gasteiger partial charge on any atom is -0.396 e. The zero-order valence-corrected chi connectivity index (χ0v) is 11.6. The van der Waals surface area contributed by atoms with Gasteiger partial charge in [-0.05, 0) is 62.2 Å². The summed E-state index contributed by atoms with van der Waals surface area (Å²) in [5.41, 5.74) is 7.40. The van der Waals surface area contributed by atoms with Gasteiger partial charge in [-0.15, -0.1) is 0 Å². The molecule has 98 valence electrons. The molecular formula is C13H24N2OS. The van der Waals surface area contributed by atoms with Crippen molar-refractivity contribution in [2.75, 3.05) is 20.2 Å². The van der Waals surface area contributed by atoms with E-state index in [1.807, 2.05) is 0 Å². The van der Waals surface area contributed by atoms with Crippen molar-refractivity contribution >= 4 is 11.3 Å². The third kappa shape index (κ3) is 4.76. The Morgan fingerprint density at radius 2 is 2.18 bits per heavy atom. The topological polar surface area (TPSA) is 49.5 Å². The second-order valence-corrected chi connectivity index (χ2v) is 5.41. The third-order valence-corrected chi connectivity index (χ3v) is 3.73. The fourth-order valence-corrected chi connectivity index (χ4v) is 2.88. The van der Waals surface area contributed by atoms with Crippen LogP contribution in [0.2, 0.25) is 0 Å². The van der Waals surface area contributed by atoms with E-state index in [1.54, 1.807) is 11.3 Å². The smallest absolute Gasteiger partial charge is 0.0501 e. The number of unbranched alkanes of at least 4 members (excludes halogenated alkanes) is 2. The lowest BCUT2D eigenvalue weighted by atomic mass is 10.0. The highest BCUT2D eigenvalue weighted by molar-refractivity contribution is 7.07. The summed E-state index contributed by atoms with van der Waals surface area (Å²) < 4.78 is 0. The summed E-state index contributed by atoms with van der Waals surface area (Å²) in [4.78, 5) is 2.32. The summed E-state index contributed by atoms with van der Waals surface area (Å²) in [6.07, 6.45) is 3.09. The minimum absolute atomic E-state index is 0.132. The summed E-state index contributed by atoms with van der Waals surface area (Å²) in [7, 11) is 2.13. The molecule has 0 aliphatic carbocycles. The Morgan fingerprint density at radius 3 is 2.71 bits per heavy atom. The van der Waals surface area contributed by atoms with Gasteiger partial charge in [-0.25, -0.2) is 0 Å². The number of rotatable bonds is 8. The van der Waals surface area contributed by atoms with E-state index in [2.05, 4.69) is 35.7 Å². The van der Waals surface area contributed by atoms with Gasteiger partial charge in [-0.3, -0.25) is 4.90 Å². The van der Waals surface area contributed by atoms with Crippen LogP contribution in [0, 0.1) is 0 Å². The van der Waals surface area contributed by atoms with Crippen LogP contribution in [0.3, 0.4) is 0 Å². The van der Waals surface area contributed by atoms with E-state index in [0.29, 0.717) is 12.6 Å². The highest BCUT2D eigenvalue weighted by Gasteiger charge is 2.20. The lowest BCUT2D eigenvalue weighted by Gasteiger charge is -2.30. The second-order valence-electron chi connectivity index (χ2n) is 4.63. The highest BCUT2D eigenvalue weighted by atomic mass is 32.1. The molecule has 1 heterocycles. The SMILES string of the molecule is CC(N)C(c1ccsc1)N(C)CCCCCO. The Bertz CT molecular complexity index is 288. The van der Waals surface area contributed by atoms with Gasteiger partial charge in [0.1, 0.15) is 0 Å². The van der Waals surface area contributed by atoms with E-state index >= 15 is 0 Å². The third-order valence-electron chi connectivity index (χ3n) is 3.03. The van der Waals surface area contributed by atoms with Crippen molar-refractivity contribution in [3.8, 4) is 0 Å². The molecule has 0 saturated carbocycles. The van der Waals surface area contributed by atoms with E-state index in [0.717, 1.165) is 25.8 Å². The number of aliphatic hydroxyl groups is 1. The Hall–Kier alpha value is -0.420. The van der Waals surface area contributed by atoms with Crippen LogP contribution in [0.1, 0.15) is 37.8 Å². The normalized spacial score (nSPS) is 15.1. The van der Waals surface area contributed by atoms with Gasteiger partial charge in [0.25, 0.3) is 0 Å². The molecule has 3 N–H and O–H groups in total. The molecule has 1 rings (SSSR count). The molecule has 0 amide bonds. The maximum absolute atomic E-state index is 8.75. The van der Waals surface area contributed by atoms with Crippen molar-refractivity contribution in [3.05, 3.63) is 22.4 Å². The molecule has 0 aliphatic heterocycles. The number of hydrogen-bond acceptors (Lipinski definition) is 4. The van der Waals surface area contributed by atoms with Crippen LogP contribution >= 0.6 is 11.3 Å². The first-order chi connectivity index (χ1) is 8.16. The first kappa shape index (κ1) is 14.6. The van der Waals surface area contributed by atoms with E-state index in [1.165, 1.54) is 5.56 Å². The van der Waals surface area contributed by atoms with Crippen molar-refractivity contribution in [1.29, 1.82) is 0 Å². The van der Waals surface area contributed by atoms with Gasteiger partial charge in [0, 0.05) is 12.6 Å². The molecule has 0 aromatic carbocycles. The van der Waals surface area contributed by atoms with Crippen LogP contribution in [-0.2, 0) is 0 Å². The fraction of sp³-hybridized carbons (Fsp3) is 0.692. The van der Waals surface area contributed by atoms with Gasteiger partial charge in [0.15, 0.2) is 0 Å². The molecule has 0 fully saturated rings. The summed E-state index contributed by atoms with van der Waals surface area (Å²) in [5.74, 6) is 0. The van der Waals surface area contributed by atoms with Crippen molar-refractivity contribution in [3.63, 3.8) is 0 Å².